The van der Waals surface area contributed by atoms with Crippen molar-refractivity contribution in [1.82, 2.24) is 0 Å². The summed E-state index contributed by atoms with van der Waals surface area (Å²) in [6.07, 6.45) is 13.2. The Morgan fingerprint density at radius 3 is 2.00 bits per heavy atom. The number of halogens is 2. The second kappa shape index (κ2) is 12.8. The monoisotopic (exact) mass is 674 g/mol. The second-order valence-electron chi connectivity index (χ2n) is 14.5. The van der Waals surface area contributed by atoms with Gasteiger partial charge in [0.2, 0.25) is 0 Å². The summed E-state index contributed by atoms with van der Waals surface area (Å²) in [7, 11) is 0. The molecular weight excluding hydrogens is 631 g/mol. The van der Waals surface area contributed by atoms with Crippen molar-refractivity contribution in [3.8, 4) is 11.1 Å². The molecule has 1 unspecified atom stereocenters. The first-order valence-corrected chi connectivity index (χ1v) is 19.2. The van der Waals surface area contributed by atoms with E-state index < -0.39 is 21.3 Å². The van der Waals surface area contributed by atoms with Crippen LogP contribution in [0.4, 0.5) is 0 Å². The molecule has 3 aliphatic carbocycles. The van der Waals surface area contributed by atoms with Crippen molar-refractivity contribution in [2.45, 2.75) is 97.8 Å². The van der Waals surface area contributed by atoms with Gasteiger partial charge in [0.1, 0.15) is 0 Å². The summed E-state index contributed by atoms with van der Waals surface area (Å²) in [5.41, 5.74) is 12.3. The first-order valence-electron chi connectivity index (χ1n) is 15.5. The number of fused-ring (bicyclic) bond motifs is 3. The van der Waals surface area contributed by atoms with Gasteiger partial charge < -0.3 is 24.8 Å². The summed E-state index contributed by atoms with van der Waals surface area (Å²) in [5.74, 6) is 0.532. The Hall–Kier alpha value is -1.53. The van der Waals surface area contributed by atoms with Gasteiger partial charge in [-0.05, 0) is 0 Å². The Morgan fingerprint density at radius 2 is 1.36 bits per heavy atom. The molecule has 0 amide bonds. The topological polar surface area (TPSA) is 0 Å². The minimum Gasteiger partial charge on any atom is -1.00 e. The molecule has 3 heteroatoms. The SMILES string of the molecule is CC1C=C(c2ccccc2)C=[C]1[Zr+2](=[C]1CCCCC1)[c]1cc(C(C)(C)C)cc2c1Cc1ccc(C(C)(C)C)cc1-2.[Cl-].[Cl-]. The molecule has 1 fully saturated rings. The van der Waals surface area contributed by atoms with E-state index in [2.05, 4.69) is 121 Å². The van der Waals surface area contributed by atoms with Crippen molar-refractivity contribution >= 4 is 12.1 Å². The van der Waals surface area contributed by atoms with Crippen LogP contribution in [0.5, 0.6) is 0 Å². The van der Waals surface area contributed by atoms with E-state index in [0.29, 0.717) is 5.92 Å². The molecule has 220 valence electrons. The van der Waals surface area contributed by atoms with Gasteiger partial charge in [-0.15, -0.1) is 0 Å². The summed E-state index contributed by atoms with van der Waals surface area (Å²) >= 11 is -2.35. The van der Waals surface area contributed by atoms with Crippen molar-refractivity contribution in [1.29, 1.82) is 0 Å². The van der Waals surface area contributed by atoms with Crippen molar-refractivity contribution in [3.63, 3.8) is 0 Å². The molecule has 0 heterocycles. The molecule has 6 rings (SSSR count). The predicted octanol–water partition coefficient (Wildman–Crippen LogP) is 3.86. The Kier molecular flexibility index (Phi) is 10.2. The summed E-state index contributed by atoms with van der Waals surface area (Å²) in [4.78, 5) is 0. The molecule has 3 aromatic carbocycles. The maximum absolute atomic E-state index is 2.71. The molecule has 0 saturated heterocycles. The Labute approximate surface area is 275 Å². The Morgan fingerprint density at radius 1 is 0.714 bits per heavy atom. The van der Waals surface area contributed by atoms with E-state index >= 15 is 0 Å². The van der Waals surface area contributed by atoms with Gasteiger partial charge in [-0.25, -0.2) is 0 Å². The van der Waals surface area contributed by atoms with Gasteiger partial charge in [-0.2, -0.15) is 0 Å². The molecule has 0 aliphatic heterocycles. The van der Waals surface area contributed by atoms with Crippen LogP contribution in [0.15, 0.2) is 76.1 Å². The van der Waals surface area contributed by atoms with E-state index in [1.165, 1.54) is 65.5 Å². The molecule has 42 heavy (non-hydrogen) atoms. The Balaban J connectivity index is 0.00000202. The first kappa shape index (κ1) is 33.4. The molecular formula is C39H46Cl2Zr. The quantitative estimate of drug-likeness (QED) is 0.310. The summed E-state index contributed by atoms with van der Waals surface area (Å²) in [5, 5.41) is 0. The molecule has 0 aromatic heterocycles. The minimum absolute atomic E-state index is 0. The van der Waals surface area contributed by atoms with Gasteiger partial charge in [0.05, 0.1) is 0 Å². The average molecular weight is 677 g/mol. The molecule has 0 nitrogen and oxygen atoms in total. The fraction of sp³-hybridized carbons (Fsp3) is 0.410. The minimum atomic E-state index is -2.35. The van der Waals surface area contributed by atoms with Crippen molar-refractivity contribution in [3.05, 3.63) is 104 Å². The van der Waals surface area contributed by atoms with Crippen LogP contribution < -0.4 is 28.1 Å². The second-order valence-corrected chi connectivity index (χ2v) is 20.8. The number of benzene rings is 3. The van der Waals surface area contributed by atoms with Gasteiger partial charge in [0, 0.05) is 0 Å². The van der Waals surface area contributed by atoms with E-state index in [0.717, 1.165) is 6.42 Å². The molecule has 0 N–H and O–H groups in total. The zero-order valence-corrected chi connectivity index (χ0v) is 30.5. The third-order valence-electron chi connectivity index (χ3n) is 9.46. The standard InChI is InChI=1S/C21H25.C12H11.C6H10.2ClH.Zr/c1-20(2,3)16-9-7-14-11-15-8-10-17(21(4,5)6)13-19(15)18(14)12-16;1-10-7-8-12(9-10)11-5-3-2-4-6-11;1-2-4-6-5-3-1;;;/h7,9-10,12-13H,11H2,1-6H3;2-6,8-10H,1H3;1-5H2;2*1H;/q;;;;;+2/p-2. The van der Waals surface area contributed by atoms with Crippen LogP contribution in [0, 0.1) is 5.92 Å². The van der Waals surface area contributed by atoms with E-state index in [-0.39, 0.29) is 35.6 Å². The molecule has 0 radical (unpaired) electrons. The zero-order chi connectivity index (χ0) is 28.2. The van der Waals surface area contributed by atoms with E-state index in [1.54, 1.807) is 17.7 Å². The molecule has 3 aromatic rings. The number of rotatable bonds is 3. The number of hydrogen-bond acceptors (Lipinski definition) is 0. The first-order chi connectivity index (χ1) is 19.0. The van der Waals surface area contributed by atoms with Crippen LogP contribution in [0.2, 0.25) is 0 Å². The molecule has 1 atom stereocenters. The van der Waals surface area contributed by atoms with Crippen molar-refractivity contribution in [2.24, 2.45) is 5.92 Å². The maximum Gasteiger partial charge on any atom is -1.00 e. The largest absolute Gasteiger partial charge is 1.00 e. The third-order valence-corrected chi connectivity index (χ3v) is 17.7. The summed E-state index contributed by atoms with van der Waals surface area (Å²) in [6, 6.07) is 23.7. The van der Waals surface area contributed by atoms with Crippen molar-refractivity contribution < 1.29 is 46.1 Å². The molecule has 1 saturated carbocycles. The van der Waals surface area contributed by atoms with Crippen LogP contribution in [-0.2, 0) is 38.5 Å². The van der Waals surface area contributed by atoms with Gasteiger partial charge in [-0.1, -0.05) is 0 Å². The van der Waals surface area contributed by atoms with Gasteiger partial charge >= 0.3 is 252 Å². The normalized spacial score (nSPS) is 17.7. The third kappa shape index (κ3) is 6.46. The van der Waals surface area contributed by atoms with E-state index in [1.807, 2.05) is 3.21 Å². The van der Waals surface area contributed by atoms with Gasteiger partial charge in [-0.3, -0.25) is 0 Å². The zero-order valence-electron chi connectivity index (χ0n) is 26.5. The number of allylic oxidation sites excluding steroid dienone is 4. The predicted molar refractivity (Wildman–Crippen MR) is 171 cm³/mol. The maximum atomic E-state index is 2.71. The van der Waals surface area contributed by atoms with Crippen LogP contribution in [0.1, 0.15) is 108 Å². The van der Waals surface area contributed by atoms with E-state index in [9.17, 15) is 0 Å². The number of hydrogen-bond donors (Lipinski definition) is 0. The summed E-state index contributed by atoms with van der Waals surface area (Å²) in [6.45, 7) is 16.7. The Bertz CT molecular complexity index is 1550. The smallest absolute Gasteiger partial charge is 1.00 e. The molecule has 0 bridgehead atoms. The van der Waals surface area contributed by atoms with E-state index in [4.69, 9.17) is 0 Å². The van der Waals surface area contributed by atoms with Crippen LogP contribution in [-0.4, -0.2) is 3.21 Å². The fourth-order valence-corrected chi connectivity index (χ4v) is 15.9. The fourth-order valence-electron chi connectivity index (χ4n) is 6.99. The van der Waals surface area contributed by atoms with Crippen molar-refractivity contribution in [2.75, 3.05) is 0 Å². The van der Waals surface area contributed by atoms with Gasteiger partial charge in [0.15, 0.2) is 0 Å². The van der Waals surface area contributed by atoms with Gasteiger partial charge in [0.25, 0.3) is 0 Å². The average Bonchev–Trinajstić information content (AvgIpc) is 3.49. The van der Waals surface area contributed by atoms with Crippen LogP contribution >= 0.6 is 0 Å². The summed E-state index contributed by atoms with van der Waals surface area (Å²) < 4.78 is 5.56. The van der Waals surface area contributed by atoms with Crippen LogP contribution in [0.25, 0.3) is 16.7 Å². The molecule has 3 aliphatic rings. The van der Waals surface area contributed by atoms with Crippen LogP contribution in [0.3, 0.4) is 0 Å². The molecule has 0 spiro atoms.